The van der Waals surface area contributed by atoms with Gasteiger partial charge >= 0.3 is 0 Å². The molecule has 4 rings (SSSR count). The zero-order valence-electron chi connectivity index (χ0n) is 21.8. The lowest BCUT2D eigenvalue weighted by Crippen LogP contribution is -2.24. The highest BCUT2D eigenvalue weighted by atomic mass is 32.2. The van der Waals surface area contributed by atoms with Gasteiger partial charge in [0.05, 0.1) is 17.0 Å². The number of para-hydroxylation sites is 1. The molecule has 1 heterocycles. The minimum Gasteiger partial charge on any atom is -0.506 e. The Bertz CT molecular complexity index is 1300. The van der Waals surface area contributed by atoms with Gasteiger partial charge < -0.3 is 10.4 Å². The van der Waals surface area contributed by atoms with Crippen LogP contribution in [0.2, 0.25) is 0 Å². The number of unbranched alkanes of at least 4 members (excludes halogenated alkanes) is 9. The van der Waals surface area contributed by atoms with E-state index in [0.717, 1.165) is 34.2 Å². The number of carbonyl (C=O) groups excluding carboxylic acids is 1. The molecule has 7 heteroatoms. The summed E-state index contributed by atoms with van der Waals surface area (Å²) in [4.78, 5) is 13.9. The summed E-state index contributed by atoms with van der Waals surface area (Å²) in [6.07, 6.45) is 12.6. The number of phenols is 1. The normalized spacial score (nSPS) is 11.4. The van der Waals surface area contributed by atoms with Gasteiger partial charge in [0, 0.05) is 16.8 Å². The first-order valence-corrected chi connectivity index (χ1v) is 14.6. The van der Waals surface area contributed by atoms with E-state index in [-0.39, 0.29) is 11.7 Å². The van der Waals surface area contributed by atoms with Gasteiger partial charge in [0.15, 0.2) is 0 Å². The van der Waals surface area contributed by atoms with E-state index in [1.54, 1.807) is 17.8 Å². The van der Waals surface area contributed by atoms with Crippen LogP contribution in [-0.4, -0.2) is 32.6 Å². The van der Waals surface area contributed by atoms with Crippen LogP contribution in [0.15, 0.2) is 59.5 Å². The number of carbonyl (C=O) groups is 1. The lowest BCUT2D eigenvalue weighted by molar-refractivity contribution is 0.0950. The minimum absolute atomic E-state index is 0.0340. The fourth-order valence-corrected chi connectivity index (χ4v) is 5.66. The zero-order chi connectivity index (χ0) is 25.9. The highest BCUT2D eigenvalue weighted by molar-refractivity contribution is 7.98. The second-order valence-corrected chi connectivity index (χ2v) is 10.6. The van der Waals surface area contributed by atoms with Crippen LogP contribution < -0.4 is 5.32 Å². The fraction of sp³-hybridized carbons (Fsp3) is 0.433. The van der Waals surface area contributed by atoms with Gasteiger partial charge in [-0.15, -0.1) is 16.9 Å². The summed E-state index contributed by atoms with van der Waals surface area (Å²) in [6, 6.07) is 17.3. The van der Waals surface area contributed by atoms with Crippen LogP contribution in [0.4, 0.5) is 0 Å². The molecule has 37 heavy (non-hydrogen) atoms. The Hall–Kier alpha value is -3.06. The first-order valence-electron chi connectivity index (χ1n) is 13.6. The Labute approximate surface area is 223 Å². The Balaban J connectivity index is 1.33. The lowest BCUT2D eigenvalue weighted by Gasteiger charge is -2.13. The average molecular weight is 519 g/mol. The van der Waals surface area contributed by atoms with E-state index in [4.69, 9.17) is 0 Å². The van der Waals surface area contributed by atoms with E-state index in [1.807, 2.05) is 53.2 Å². The second-order valence-electron chi connectivity index (χ2n) is 9.61. The summed E-state index contributed by atoms with van der Waals surface area (Å²) >= 11 is 1.58. The van der Waals surface area contributed by atoms with E-state index in [0.29, 0.717) is 23.4 Å². The molecule has 0 bridgehead atoms. The van der Waals surface area contributed by atoms with Crippen molar-refractivity contribution < 1.29 is 9.90 Å². The van der Waals surface area contributed by atoms with Crippen LogP contribution in [0, 0.1) is 0 Å². The van der Waals surface area contributed by atoms with Gasteiger partial charge in [0.2, 0.25) is 0 Å². The lowest BCUT2D eigenvalue weighted by atomic mass is 10.0. The van der Waals surface area contributed by atoms with E-state index in [9.17, 15) is 9.90 Å². The molecule has 0 saturated carbocycles. The van der Waals surface area contributed by atoms with Crippen molar-refractivity contribution in [3.8, 4) is 5.75 Å². The maximum Gasteiger partial charge on any atom is 0.255 e. The summed E-state index contributed by atoms with van der Waals surface area (Å²) in [5.41, 5.74) is 2.13. The molecule has 0 aliphatic heterocycles. The van der Waals surface area contributed by atoms with Crippen molar-refractivity contribution in [2.24, 2.45) is 0 Å². The largest absolute Gasteiger partial charge is 0.506 e. The zero-order valence-corrected chi connectivity index (χ0v) is 22.6. The van der Waals surface area contributed by atoms with Crippen molar-refractivity contribution >= 4 is 39.5 Å². The highest BCUT2D eigenvalue weighted by Gasteiger charge is 2.17. The Kier molecular flexibility index (Phi) is 10.2. The molecule has 196 valence electrons. The molecule has 0 saturated heterocycles. The van der Waals surface area contributed by atoms with Gasteiger partial charge in [0.1, 0.15) is 11.3 Å². The molecular formula is C30H38N4O2S. The first kappa shape index (κ1) is 27.0. The van der Waals surface area contributed by atoms with Crippen molar-refractivity contribution in [2.45, 2.75) is 81.9 Å². The summed E-state index contributed by atoms with van der Waals surface area (Å²) < 4.78 is 1.85. The number of aromatic nitrogens is 3. The number of hydrogen-bond donors (Lipinski definition) is 2. The molecule has 4 aromatic rings. The Morgan fingerprint density at radius 1 is 0.892 bits per heavy atom. The van der Waals surface area contributed by atoms with Gasteiger partial charge in [-0.05, 0) is 30.0 Å². The predicted molar refractivity (Wildman–Crippen MR) is 153 cm³/mol. The number of thioether (sulfide) groups is 1. The number of nitrogens with one attached hydrogen (secondary N) is 1. The Morgan fingerprint density at radius 3 is 2.30 bits per heavy atom. The van der Waals surface area contributed by atoms with Crippen LogP contribution >= 0.6 is 11.8 Å². The van der Waals surface area contributed by atoms with Crippen LogP contribution in [0.1, 0.15) is 81.5 Å². The first-order chi connectivity index (χ1) is 18.2. The number of fused-ring (bicyclic) bond motifs is 2. The third-order valence-electron chi connectivity index (χ3n) is 6.80. The van der Waals surface area contributed by atoms with Gasteiger partial charge in [-0.2, -0.15) is 0 Å². The maximum atomic E-state index is 13.0. The van der Waals surface area contributed by atoms with Gasteiger partial charge in [0.25, 0.3) is 5.91 Å². The molecule has 3 aromatic carbocycles. The van der Waals surface area contributed by atoms with Crippen molar-refractivity contribution in [3.05, 3.63) is 60.2 Å². The van der Waals surface area contributed by atoms with E-state index in [1.165, 1.54) is 51.4 Å². The number of aromatic hydroxyl groups is 1. The summed E-state index contributed by atoms with van der Waals surface area (Å²) in [5.74, 6) is 0.355. The van der Waals surface area contributed by atoms with Gasteiger partial charge in [-0.25, -0.2) is 4.68 Å². The minimum atomic E-state index is -0.229. The highest BCUT2D eigenvalue weighted by Crippen LogP contribution is 2.37. The topological polar surface area (TPSA) is 80.0 Å². The van der Waals surface area contributed by atoms with Crippen LogP contribution in [-0.2, 0) is 5.88 Å². The number of benzene rings is 3. The number of phenolic OH excluding ortho intramolecular Hbond substituents is 1. The number of rotatable bonds is 15. The molecular weight excluding hydrogens is 480 g/mol. The SMILES string of the molecule is CCCCCCCCCCCCNC(=O)c1cc(SCn2nnc3ccccc32)c2ccccc2c1O. The van der Waals surface area contributed by atoms with E-state index in [2.05, 4.69) is 22.6 Å². The van der Waals surface area contributed by atoms with Gasteiger partial charge in [-0.3, -0.25) is 4.79 Å². The fourth-order valence-electron chi connectivity index (χ4n) is 4.67. The average Bonchev–Trinajstić information content (AvgIpc) is 3.34. The molecule has 0 radical (unpaired) electrons. The molecule has 0 spiro atoms. The third kappa shape index (κ3) is 7.25. The molecule has 6 nitrogen and oxygen atoms in total. The molecule has 0 unspecified atom stereocenters. The van der Waals surface area contributed by atoms with Crippen molar-refractivity contribution in [1.82, 2.24) is 20.3 Å². The van der Waals surface area contributed by atoms with Crippen molar-refractivity contribution in [2.75, 3.05) is 6.54 Å². The second kappa shape index (κ2) is 14.0. The molecule has 1 aromatic heterocycles. The van der Waals surface area contributed by atoms with Crippen molar-refractivity contribution in [1.29, 1.82) is 0 Å². The predicted octanol–water partition coefficient (Wildman–Crippen LogP) is 7.69. The summed E-state index contributed by atoms with van der Waals surface area (Å²) in [5, 5.41) is 24.0. The molecule has 0 atom stereocenters. The van der Waals surface area contributed by atoms with Crippen LogP contribution in [0.3, 0.4) is 0 Å². The third-order valence-corrected chi connectivity index (χ3v) is 7.82. The van der Waals surface area contributed by atoms with E-state index < -0.39 is 0 Å². The quantitative estimate of drug-likeness (QED) is 0.125. The van der Waals surface area contributed by atoms with E-state index >= 15 is 0 Å². The smallest absolute Gasteiger partial charge is 0.255 e. The van der Waals surface area contributed by atoms with Crippen LogP contribution in [0.25, 0.3) is 21.8 Å². The molecule has 2 N–H and O–H groups in total. The molecule has 0 aliphatic rings. The Morgan fingerprint density at radius 2 is 1.54 bits per heavy atom. The number of amides is 1. The number of nitrogens with zero attached hydrogens (tertiary/aromatic N) is 3. The summed E-state index contributed by atoms with van der Waals surface area (Å²) in [7, 11) is 0. The standard InChI is InChI=1S/C30H38N4O2S/c1-2-3-4-5-6-7-8-9-10-15-20-31-30(36)25-21-28(23-16-11-12-17-24(23)29(25)35)37-22-34-27-19-14-13-18-26(27)32-33-34/h11-14,16-19,21,35H,2-10,15,20,22H2,1H3,(H,31,36). The van der Waals surface area contributed by atoms with Gasteiger partial charge in [-0.1, -0.05) is 106 Å². The number of hydrogen-bond acceptors (Lipinski definition) is 5. The monoisotopic (exact) mass is 518 g/mol. The summed E-state index contributed by atoms with van der Waals surface area (Å²) in [6.45, 7) is 2.87. The molecule has 0 aliphatic carbocycles. The molecule has 0 fully saturated rings. The maximum absolute atomic E-state index is 13.0. The van der Waals surface area contributed by atoms with Crippen molar-refractivity contribution in [3.63, 3.8) is 0 Å². The molecule has 1 amide bonds. The van der Waals surface area contributed by atoms with Crippen LogP contribution in [0.5, 0.6) is 5.75 Å².